The number of halogens is 1. The predicted octanol–water partition coefficient (Wildman–Crippen LogP) is 5.00. The number of furan rings is 1. The lowest BCUT2D eigenvalue weighted by Gasteiger charge is -2.29. The Balaban J connectivity index is 1.41. The van der Waals surface area contributed by atoms with E-state index in [1.54, 1.807) is 0 Å². The Labute approximate surface area is 210 Å². The van der Waals surface area contributed by atoms with Crippen molar-refractivity contribution in [1.29, 1.82) is 0 Å². The van der Waals surface area contributed by atoms with Gasteiger partial charge < -0.3 is 19.4 Å². The molecule has 2 saturated heterocycles. The van der Waals surface area contributed by atoms with Crippen molar-refractivity contribution in [3.63, 3.8) is 0 Å². The molecule has 0 bridgehead atoms. The van der Waals surface area contributed by atoms with Gasteiger partial charge in [-0.25, -0.2) is 0 Å². The number of hydrogen-bond donors (Lipinski definition) is 1. The number of hydrogen-bond acceptors (Lipinski definition) is 5. The quantitative estimate of drug-likeness (QED) is 0.462. The highest BCUT2D eigenvalue weighted by atomic mass is 35.5. The summed E-state index contributed by atoms with van der Waals surface area (Å²) in [5.74, 6) is 1.67. The summed E-state index contributed by atoms with van der Waals surface area (Å²) >= 11 is 12.2. The van der Waals surface area contributed by atoms with Crippen LogP contribution < -0.4 is 5.32 Å². The molecule has 0 spiro atoms. The summed E-state index contributed by atoms with van der Waals surface area (Å²) in [6, 6.07) is 15.8. The summed E-state index contributed by atoms with van der Waals surface area (Å²) in [4.78, 5) is 9.32. The molecule has 1 N–H and O–H groups in total. The van der Waals surface area contributed by atoms with Crippen molar-refractivity contribution in [3.05, 3.63) is 76.8 Å². The second kappa shape index (κ2) is 10.4. The Bertz CT molecular complexity index is 1130. The summed E-state index contributed by atoms with van der Waals surface area (Å²) in [6.45, 7) is 7.48. The third-order valence-electron chi connectivity index (χ3n) is 6.63. The molecule has 2 atom stereocenters. The molecule has 0 aliphatic carbocycles. The molecule has 34 heavy (non-hydrogen) atoms. The summed E-state index contributed by atoms with van der Waals surface area (Å²) in [5.41, 5.74) is 2.96. The Morgan fingerprint density at radius 3 is 2.74 bits per heavy atom. The van der Waals surface area contributed by atoms with Crippen molar-refractivity contribution in [2.45, 2.75) is 25.4 Å². The molecule has 1 aromatic carbocycles. The number of pyridine rings is 1. The minimum Gasteiger partial charge on any atom is -0.459 e. The van der Waals surface area contributed by atoms with Gasteiger partial charge in [-0.1, -0.05) is 29.8 Å². The van der Waals surface area contributed by atoms with Crippen LogP contribution in [0.15, 0.2) is 59.1 Å². The van der Waals surface area contributed by atoms with Gasteiger partial charge in [0.25, 0.3) is 0 Å². The van der Waals surface area contributed by atoms with Crippen molar-refractivity contribution in [2.24, 2.45) is 0 Å². The molecule has 0 amide bonds. The number of morpholine rings is 1. The molecular formula is C26H29ClN4O2S. The molecule has 2 aliphatic rings. The van der Waals surface area contributed by atoms with Gasteiger partial charge in [0.15, 0.2) is 5.11 Å². The maximum absolute atomic E-state index is 6.46. The fourth-order valence-electron chi connectivity index (χ4n) is 4.78. The molecule has 0 unspecified atom stereocenters. The third kappa shape index (κ3) is 4.84. The molecule has 8 heteroatoms. The molecule has 178 valence electrons. The molecule has 2 aromatic heterocycles. The molecule has 5 rings (SSSR count). The lowest BCUT2D eigenvalue weighted by atomic mass is 10.0. The molecular weight excluding hydrogens is 468 g/mol. The normalized spacial score (nSPS) is 21.1. The van der Waals surface area contributed by atoms with E-state index >= 15 is 0 Å². The lowest BCUT2D eigenvalue weighted by molar-refractivity contribution is 0.0365. The number of rotatable bonds is 7. The number of nitrogens with zero attached hydrogens (tertiary/aromatic N) is 3. The van der Waals surface area contributed by atoms with Crippen LogP contribution in [0.5, 0.6) is 0 Å². The zero-order valence-corrected chi connectivity index (χ0v) is 20.8. The molecule has 6 nitrogen and oxygen atoms in total. The van der Waals surface area contributed by atoms with Gasteiger partial charge in [-0.05, 0) is 61.5 Å². The van der Waals surface area contributed by atoms with Crippen molar-refractivity contribution in [3.8, 4) is 11.3 Å². The fraction of sp³-hybridized carbons (Fsp3) is 0.385. The van der Waals surface area contributed by atoms with Gasteiger partial charge in [0.05, 0.1) is 24.9 Å². The van der Waals surface area contributed by atoms with Crippen LogP contribution in [0.1, 0.15) is 35.5 Å². The van der Waals surface area contributed by atoms with E-state index in [1.807, 2.05) is 55.6 Å². The van der Waals surface area contributed by atoms with Crippen LogP contribution in [-0.2, 0) is 4.74 Å². The van der Waals surface area contributed by atoms with Crippen LogP contribution in [0.25, 0.3) is 11.3 Å². The molecule has 2 fully saturated rings. The molecule has 3 aromatic rings. The van der Waals surface area contributed by atoms with Crippen molar-refractivity contribution >= 4 is 28.9 Å². The first-order valence-electron chi connectivity index (χ1n) is 11.7. The Kier molecular flexibility index (Phi) is 7.15. The van der Waals surface area contributed by atoms with E-state index in [0.717, 1.165) is 84.3 Å². The van der Waals surface area contributed by atoms with E-state index in [0.29, 0.717) is 0 Å². The van der Waals surface area contributed by atoms with Gasteiger partial charge >= 0.3 is 0 Å². The van der Waals surface area contributed by atoms with Gasteiger partial charge in [0, 0.05) is 43.0 Å². The largest absolute Gasteiger partial charge is 0.459 e. The van der Waals surface area contributed by atoms with Crippen LogP contribution >= 0.6 is 23.8 Å². The monoisotopic (exact) mass is 496 g/mol. The highest BCUT2D eigenvalue weighted by Crippen LogP contribution is 2.41. The second-order valence-electron chi connectivity index (χ2n) is 8.74. The zero-order chi connectivity index (χ0) is 23.5. The maximum Gasteiger partial charge on any atom is 0.170 e. The number of thiocarbonyl (C=S) groups is 1. The summed E-state index contributed by atoms with van der Waals surface area (Å²) < 4.78 is 11.9. The van der Waals surface area contributed by atoms with E-state index in [9.17, 15) is 0 Å². The Hall–Kier alpha value is -2.45. The first-order valence-corrected chi connectivity index (χ1v) is 12.5. The smallest absolute Gasteiger partial charge is 0.170 e. The summed E-state index contributed by atoms with van der Waals surface area (Å²) in [5, 5.41) is 4.97. The minimum absolute atomic E-state index is 0.0830. The van der Waals surface area contributed by atoms with Gasteiger partial charge in [0.2, 0.25) is 0 Å². The van der Waals surface area contributed by atoms with Crippen LogP contribution in [-0.4, -0.2) is 59.3 Å². The number of benzene rings is 1. The lowest BCUT2D eigenvalue weighted by Crippen LogP contribution is -2.38. The average Bonchev–Trinajstić information content (AvgIpc) is 3.47. The molecule has 0 radical (unpaired) electrons. The number of aromatic nitrogens is 1. The van der Waals surface area contributed by atoms with Gasteiger partial charge in [0.1, 0.15) is 17.6 Å². The third-order valence-corrected chi connectivity index (χ3v) is 7.39. The fourth-order valence-corrected chi connectivity index (χ4v) is 5.28. The number of ether oxygens (including phenoxy) is 1. The standard InChI is InChI=1S/C26H29ClN4O2S/c1-18-19(6-4-7-20(18)27)22-9-10-23(33-22)25-24(21-8-2-3-11-28-21)29-26(34)31(25)13-5-12-30-14-16-32-17-15-30/h2-4,6-11,24-25H,5,12-17H2,1H3,(H,29,34)/t24-,25-/m1/s1. The first-order chi connectivity index (χ1) is 16.6. The second-order valence-corrected chi connectivity index (χ2v) is 9.54. The van der Waals surface area contributed by atoms with Crippen molar-refractivity contribution in [1.82, 2.24) is 20.1 Å². The molecule has 4 heterocycles. The van der Waals surface area contributed by atoms with E-state index in [2.05, 4.69) is 26.2 Å². The minimum atomic E-state index is -0.0865. The van der Waals surface area contributed by atoms with Crippen LogP contribution in [0.3, 0.4) is 0 Å². The zero-order valence-electron chi connectivity index (χ0n) is 19.2. The van der Waals surface area contributed by atoms with E-state index < -0.39 is 0 Å². The van der Waals surface area contributed by atoms with Gasteiger partial charge in [-0.2, -0.15) is 0 Å². The van der Waals surface area contributed by atoms with Crippen LogP contribution in [0.4, 0.5) is 0 Å². The SMILES string of the molecule is Cc1c(Cl)cccc1-c1ccc([C@@H]2[C@@H](c3ccccn3)NC(=S)N2CCCN2CCOCC2)o1. The predicted molar refractivity (Wildman–Crippen MR) is 138 cm³/mol. The van der Waals surface area contributed by atoms with Crippen molar-refractivity contribution < 1.29 is 9.15 Å². The topological polar surface area (TPSA) is 53.8 Å². The molecule has 0 saturated carbocycles. The Morgan fingerprint density at radius 2 is 1.94 bits per heavy atom. The highest BCUT2D eigenvalue weighted by Gasteiger charge is 2.41. The van der Waals surface area contributed by atoms with E-state index in [1.165, 1.54) is 0 Å². The van der Waals surface area contributed by atoms with Gasteiger partial charge in [-0.15, -0.1) is 0 Å². The van der Waals surface area contributed by atoms with E-state index in [-0.39, 0.29) is 12.1 Å². The number of nitrogens with one attached hydrogen (secondary N) is 1. The highest BCUT2D eigenvalue weighted by molar-refractivity contribution is 7.80. The Morgan fingerprint density at radius 1 is 1.09 bits per heavy atom. The summed E-state index contributed by atoms with van der Waals surface area (Å²) in [6.07, 6.45) is 2.83. The van der Waals surface area contributed by atoms with Crippen molar-refractivity contribution in [2.75, 3.05) is 39.4 Å². The maximum atomic E-state index is 6.46. The van der Waals surface area contributed by atoms with Gasteiger partial charge in [-0.3, -0.25) is 9.88 Å². The van der Waals surface area contributed by atoms with Crippen LogP contribution in [0.2, 0.25) is 5.02 Å². The first kappa shape index (κ1) is 23.3. The average molecular weight is 497 g/mol. The summed E-state index contributed by atoms with van der Waals surface area (Å²) in [7, 11) is 0. The molecule has 2 aliphatic heterocycles. The van der Waals surface area contributed by atoms with E-state index in [4.69, 9.17) is 33.0 Å². The van der Waals surface area contributed by atoms with Crippen LogP contribution in [0, 0.1) is 6.92 Å².